The monoisotopic (exact) mass is 220 g/mol. The average molecular weight is 220 g/mol. The summed E-state index contributed by atoms with van der Waals surface area (Å²) >= 11 is 0. The molecule has 0 unspecified atom stereocenters. The van der Waals surface area contributed by atoms with Crippen molar-refractivity contribution in [1.82, 2.24) is 5.32 Å². The van der Waals surface area contributed by atoms with E-state index >= 15 is 0 Å². The molecule has 4 nitrogen and oxygen atoms in total. The van der Waals surface area contributed by atoms with Crippen molar-refractivity contribution in [1.29, 1.82) is 0 Å². The number of nitrogens with one attached hydrogen (secondary N) is 2. The first kappa shape index (κ1) is 12.2. The number of hydrogen-bond donors (Lipinski definition) is 2. The molecule has 1 aromatic carbocycles. The summed E-state index contributed by atoms with van der Waals surface area (Å²) in [6.07, 6.45) is 0. The van der Waals surface area contributed by atoms with Crippen LogP contribution >= 0.6 is 0 Å². The number of amides is 2. The lowest BCUT2D eigenvalue weighted by Crippen LogP contribution is -2.23. The van der Waals surface area contributed by atoms with E-state index in [0.29, 0.717) is 0 Å². The minimum Gasteiger partial charge on any atom is -0.350 e. The molecule has 0 aliphatic heterocycles. The van der Waals surface area contributed by atoms with Crippen LogP contribution in [-0.2, 0) is 9.59 Å². The lowest BCUT2D eigenvalue weighted by Gasteiger charge is -2.13. The standard InChI is InChI=1S/C12H16N2O2/c1-8(13-9(2)15)11-4-6-12(7-5-11)14-10(3)16/h4-8H,1-3H3,(H,13,15)(H,14,16)/t8-/m0/s1. The van der Waals surface area contributed by atoms with E-state index in [0.717, 1.165) is 11.3 Å². The highest BCUT2D eigenvalue weighted by atomic mass is 16.2. The maximum Gasteiger partial charge on any atom is 0.221 e. The third-order valence-electron chi connectivity index (χ3n) is 2.15. The Hall–Kier alpha value is -1.84. The Morgan fingerprint density at radius 3 is 2.06 bits per heavy atom. The van der Waals surface area contributed by atoms with Gasteiger partial charge in [0.15, 0.2) is 0 Å². The van der Waals surface area contributed by atoms with E-state index in [1.54, 1.807) is 0 Å². The number of rotatable bonds is 3. The van der Waals surface area contributed by atoms with Gasteiger partial charge in [-0.1, -0.05) is 12.1 Å². The lowest BCUT2D eigenvalue weighted by molar-refractivity contribution is -0.119. The SMILES string of the molecule is CC(=O)Nc1ccc([C@H](C)NC(C)=O)cc1. The summed E-state index contributed by atoms with van der Waals surface area (Å²) in [5.74, 6) is -0.152. The minimum atomic E-state index is -0.0948. The first-order chi connectivity index (χ1) is 7.49. The van der Waals surface area contributed by atoms with Crippen LogP contribution in [-0.4, -0.2) is 11.8 Å². The summed E-state index contributed by atoms with van der Waals surface area (Å²) < 4.78 is 0. The van der Waals surface area contributed by atoms with E-state index in [9.17, 15) is 9.59 Å². The van der Waals surface area contributed by atoms with Crippen LogP contribution in [0.3, 0.4) is 0 Å². The molecular weight excluding hydrogens is 204 g/mol. The van der Waals surface area contributed by atoms with Crippen molar-refractivity contribution >= 4 is 17.5 Å². The summed E-state index contributed by atoms with van der Waals surface area (Å²) in [6.45, 7) is 4.87. The number of carbonyl (C=O) groups is 2. The van der Waals surface area contributed by atoms with Crippen LogP contribution in [0.1, 0.15) is 32.4 Å². The van der Waals surface area contributed by atoms with Gasteiger partial charge < -0.3 is 10.6 Å². The van der Waals surface area contributed by atoms with E-state index in [1.165, 1.54) is 13.8 Å². The van der Waals surface area contributed by atoms with Gasteiger partial charge in [-0.25, -0.2) is 0 Å². The number of carbonyl (C=O) groups excluding carboxylic acids is 2. The van der Waals surface area contributed by atoms with Gasteiger partial charge in [0.25, 0.3) is 0 Å². The van der Waals surface area contributed by atoms with Crippen LogP contribution in [0.5, 0.6) is 0 Å². The van der Waals surface area contributed by atoms with Crippen molar-refractivity contribution in [3.8, 4) is 0 Å². The predicted octanol–water partition coefficient (Wildman–Crippen LogP) is 1.84. The zero-order valence-corrected chi connectivity index (χ0v) is 9.70. The molecule has 0 saturated heterocycles. The Balaban J connectivity index is 2.70. The van der Waals surface area contributed by atoms with Crippen LogP contribution in [0.4, 0.5) is 5.69 Å². The molecule has 1 aromatic rings. The summed E-state index contributed by atoms with van der Waals surface area (Å²) in [4.78, 5) is 21.7. The Kier molecular flexibility index (Phi) is 4.05. The van der Waals surface area contributed by atoms with E-state index in [-0.39, 0.29) is 17.9 Å². The molecule has 0 spiro atoms. The van der Waals surface area contributed by atoms with Gasteiger partial charge in [-0.3, -0.25) is 9.59 Å². The number of anilines is 1. The number of benzene rings is 1. The second-order valence-corrected chi connectivity index (χ2v) is 3.73. The molecule has 0 bridgehead atoms. The molecule has 0 fully saturated rings. The van der Waals surface area contributed by atoms with Crippen molar-refractivity contribution in [3.05, 3.63) is 29.8 Å². The van der Waals surface area contributed by atoms with E-state index in [1.807, 2.05) is 31.2 Å². The second kappa shape index (κ2) is 5.30. The molecule has 0 aromatic heterocycles. The second-order valence-electron chi connectivity index (χ2n) is 3.73. The third-order valence-corrected chi connectivity index (χ3v) is 2.15. The highest BCUT2D eigenvalue weighted by molar-refractivity contribution is 5.88. The Morgan fingerprint density at radius 2 is 1.62 bits per heavy atom. The summed E-state index contributed by atoms with van der Waals surface area (Å²) in [5.41, 5.74) is 1.76. The van der Waals surface area contributed by atoms with E-state index in [4.69, 9.17) is 0 Å². The molecule has 0 aliphatic carbocycles. The first-order valence-corrected chi connectivity index (χ1v) is 5.13. The van der Waals surface area contributed by atoms with Gasteiger partial charge in [-0.2, -0.15) is 0 Å². The van der Waals surface area contributed by atoms with Crippen LogP contribution < -0.4 is 10.6 Å². The topological polar surface area (TPSA) is 58.2 Å². The molecule has 1 rings (SSSR count). The highest BCUT2D eigenvalue weighted by Crippen LogP contribution is 2.15. The van der Waals surface area contributed by atoms with Crippen LogP contribution in [0.2, 0.25) is 0 Å². The van der Waals surface area contributed by atoms with Crippen LogP contribution in [0.25, 0.3) is 0 Å². The predicted molar refractivity (Wildman–Crippen MR) is 63.0 cm³/mol. The smallest absolute Gasteiger partial charge is 0.221 e. The van der Waals surface area contributed by atoms with Crippen molar-refractivity contribution < 1.29 is 9.59 Å². The van der Waals surface area contributed by atoms with Gasteiger partial charge in [-0.05, 0) is 24.6 Å². The summed E-state index contributed by atoms with van der Waals surface area (Å²) in [7, 11) is 0. The van der Waals surface area contributed by atoms with Crippen LogP contribution in [0.15, 0.2) is 24.3 Å². The van der Waals surface area contributed by atoms with E-state index in [2.05, 4.69) is 10.6 Å². The molecule has 0 radical (unpaired) electrons. The van der Waals surface area contributed by atoms with Gasteiger partial charge in [0, 0.05) is 19.5 Å². The van der Waals surface area contributed by atoms with Crippen molar-refractivity contribution in [3.63, 3.8) is 0 Å². The Labute approximate surface area is 95.0 Å². The van der Waals surface area contributed by atoms with E-state index < -0.39 is 0 Å². The zero-order valence-electron chi connectivity index (χ0n) is 9.70. The highest BCUT2D eigenvalue weighted by Gasteiger charge is 2.06. The first-order valence-electron chi connectivity index (χ1n) is 5.13. The molecule has 4 heteroatoms. The van der Waals surface area contributed by atoms with Crippen molar-refractivity contribution in [2.45, 2.75) is 26.8 Å². The summed E-state index contributed by atoms with van der Waals surface area (Å²) in [6, 6.07) is 7.37. The fourth-order valence-corrected chi connectivity index (χ4v) is 1.45. The average Bonchev–Trinajstić information content (AvgIpc) is 2.16. The van der Waals surface area contributed by atoms with Gasteiger partial charge in [-0.15, -0.1) is 0 Å². The molecule has 16 heavy (non-hydrogen) atoms. The minimum absolute atomic E-state index is 0.0242. The zero-order chi connectivity index (χ0) is 12.1. The Morgan fingerprint density at radius 1 is 1.06 bits per heavy atom. The Bertz CT molecular complexity index is 385. The molecule has 86 valence electrons. The largest absolute Gasteiger partial charge is 0.350 e. The molecule has 0 heterocycles. The maximum atomic E-state index is 10.9. The normalized spacial score (nSPS) is 11.7. The molecule has 0 aliphatic rings. The van der Waals surface area contributed by atoms with Gasteiger partial charge >= 0.3 is 0 Å². The van der Waals surface area contributed by atoms with Gasteiger partial charge in [0.2, 0.25) is 11.8 Å². The lowest BCUT2D eigenvalue weighted by atomic mass is 10.1. The van der Waals surface area contributed by atoms with Gasteiger partial charge in [0.1, 0.15) is 0 Å². The number of hydrogen-bond acceptors (Lipinski definition) is 2. The van der Waals surface area contributed by atoms with Gasteiger partial charge in [0.05, 0.1) is 6.04 Å². The quantitative estimate of drug-likeness (QED) is 0.816. The fourth-order valence-electron chi connectivity index (χ4n) is 1.45. The molecule has 2 N–H and O–H groups in total. The van der Waals surface area contributed by atoms with Crippen molar-refractivity contribution in [2.24, 2.45) is 0 Å². The molecule has 2 amide bonds. The molecule has 1 atom stereocenters. The molecular formula is C12H16N2O2. The maximum absolute atomic E-state index is 10.9. The van der Waals surface area contributed by atoms with Crippen molar-refractivity contribution in [2.75, 3.05) is 5.32 Å². The van der Waals surface area contributed by atoms with Crippen LogP contribution in [0, 0.1) is 0 Å². The fraction of sp³-hybridized carbons (Fsp3) is 0.333. The summed E-state index contributed by atoms with van der Waals surface area (Å²) in [5, 5.41) is 5.48. The molecule has 0 saturated carbocycles. The third kappa shape index (κ3) is 3.73.